The first kappa shape index (κ1) is 14.5. The molecule has 116 valence electrons. The number of nitrogens with zero attached hydrogens (tertiary/aromatic N) is 2. The molecule has 2 aromatic heterocycles. The van der Waals surface area contributed by atoms with E-state index in [0.717, 1.165) is 5.69 Å². The number of esters is 1. The molecule has 0 unspecified atom stereocenters. The number of benzene rings is 1. The van der Waals surface area contributed by atoms with Crippen molar-refractivity contribution in [2.45, 2.75) is 16.8 Å². The molecule has 0 N–H and O–H groups in total. The lowest BCUT2D eigenvalue weighted by Crippen LogP contribution is -2.22. The molecule has 0 spiro atoms. The van der Waals surface area contributed by atoms with Crippen LogP contribution in [0.1, 0.15) is 6.42 Å². The summed E-state index contributed by atoms with van der Waals surface area (Å²) in [6.45, 7) is 0.423. The Bertz CT molecular complexity index is 933. The molecule has 0 saturated carbocycles. The van der Waals surface area contributed by atoms with E-state index in [4.69, 9.17) is 4.74 Å². The van der Waals surface area contributed by atoms with Gasteiger partial charge in [0.05, 0.1) is 17.8 Å². The van der Waals surface area contributed by atoms with Gasteiger partial charge < -0.3 is 4.74 Å². The van der Waals surface area contributed by atoms with Gasteiger partial charge >= 0.3 is 5.97 Å². The lowest BCUT2D eigenvalue weighted by atomic mass is 10.3. The summed E-state index contributed by atoms with van der Waals surface area (Å²) >= 11 is 2.67. The molecule has 23 heavy (non-hydrogen) atoms. The number of aromatic nitrogens is 2. The average molecular weight is 344 g/mol. The number of carbonyl (C=O) groups is 1. The van der Waals surface area contributed by atoms with Crippen molar-refractivity contribution in [2.24, 2.45) is 0 Å². The Morgan fingerprint density at radius 2 is 2.04 bits per heavy atom. The molecule has 3 heterocycles. The van der Waals surface area contributed by atoms with Gasteiger partial charge in [0.15, 0.2) is 5.16 Å². The number of thioether (sulfide) groups is 1. The molecule has 7 heteroatoms. The van der Waals surface area contributed by atoms with Crippen LogP contribution in [0.25, 0.3) is 15.9 Å². The van der Waals surface area contributed by atoms with Crippen molar-refractivity contribution in [1.82, 2.24) is 9.55 Å². The molecule has 4 rings (SSSR count). The van der Waals surface area contributed by atoms with Crippen LogP contribution < -0.4 is 5.56 Å². The van der Waals surface area contributed by atoms with E-state index in [2.05, 4.69) is 4.98 Å². The van der Waals surface area contributed by atoms with Gasteiger partial charge in [-0.3, -0.25) is 14.2 Å². The van der Waals surface area contributed by atoms with Crippen molar-refractivity contribution in [3.05, 3.63) is 52.1 Å². The molecule has 0 bridgehead atoms. The lowest BCUT2D eigenvalue weighted by molar-refractivity contribution is -0.137. The minimum absolute atomic E-state index is 0.106. The Kier molecular flexibility index (Phi) is 3.66. The molecule has 0 amide bonds. The van der Waals surface area contributed by atoms with E-state index in [-0.39, 0.29) is 16.8 Å². The summed E-state index contributed by atoms with van der Waals surface area (Å²) in [4.78, 5) is 29.2. The maximum Gasteiger partial charge on any atom is 0.319 e. The molecule has 1 fully saturated rings. The zero-order valence-electron chi connectivity index (χ0n) is 12.0. The van der Waals surface area contributed by atoms with Crippen LogP contribution in [0.5, 0.6) is 0 Å². The smallest absolute Gasteiger partial charge is 0.319 e. The fourth-order valence-corrected chi connectivity index (χ4v) is 4.32. The first-order valence-corrected chi connectivity index (χ1v) is 8.89. The molecular weight excluding hydrogens is 332 g/mol. The number of rotatable bonds is 3. The molecule has 1 atom stereocenters. The van der Waals surface area contributed by atoms with Crippen molar-refractivity contribution >= 4 is 39.3 Å². The summed E-state index contributed by atoms with van der Waals surface area (Å²) in [5, 5.41) is 2.07. The van der Waals surface area contributed by atoms with Gasteiger partial charge in [0, 0.05) is 6.42 Å². The second-order valence-corrected chi connectivity index (χ2v) is 7.15. The molecule has 1 aromatic carbocycles. The number of hydrogen-bond acceptors (Lipinski definition) is 6. The van der Waals surface area contributed by atoms with Gasteiger partial charge in [-0.05, 0) is 23.6 Å². The second kappa shape index (κ2) is 5.82. The van der Waals surface area contributed by atoms with Gasteiger partial charge in [-0.2, -0.15) is 0 Å². The van der Waals surface area contributed by atoms with E-state index >= 15 is 0 Å². The summed E-state index contributed by atoms with van der Waals surface area (Å²) in [5.74, 6) is -0.241. The highest BCUT2D eigenvalue weighted by molar-refractivity contribution is 8.00. The topological polar surface area (TPSA) is 61.2 Å². The Balaban J connectivity index is 1.90. The zero-order chi connectivity index (χ0) is 15.8. The fraction of sp³-hybridized carbons (Fsp3) is 0.188. The number of ether oxygens (including phenoxy) is 1. The van der Waals surface area contributed by atoms with Crippen LogP contribution >= 0.6 is 23.1 Å². The van der Waals surface area contributed by atoms with Crippen molar-refractivity contribution in [2.75, 3.05) is 6.61 Å². The third-order valence-corrected chi connectivity index (χ3v) is 5.69. The zero-order valence-corrected chi connectivity index (χ0v) is 13.6. The van der Waals surface area contributed by atoms with Crippen LogP contribution in [0, 0.1) is 0 Å². The van der Waals surface area contributed by atoms with Gasteiger partial charge in [0.25, 0.3) is 5.56 Å². The number of para-hydroxylation sites is 1. The monoisotopic (exact) mass is 344 g/mol. The summed E-state index contributed by atoms with van der Waals surface area (Å²) in [5.41, 5.74) is 1.31. The van der Waals surface area contributed by atoms with E-state index in [0.29, 0.717) is 28.4 Å². The highest BCUT2D eigenvalue weighted by atomic mass is 32.2. The van der Waals surface area contributed by atoms with Crippen LogP contribution in [-0.4, -0.2) is 27.4 Å². The Morgan fingerprint density at radius 3 is 2.78 bits per heavy atom. The van der Waals surface area contributed by atoms with Gasteiger partial charge in [0.2, 0.25) is 0 Å². The van der Waals surface area contributed by atoms with E-state index in [9.17, 15) is 9.59 Å². The van der Waals surface area contributed by atoms with Crippen molar-refractivity contribution in [3.8, 4) is 5.69 Å². The third kappa shape index (κ3) is 2.55. The summed E-state index contributed by atoms with van der Waals surface area (Å²) < 4.78 is 7.21. The van der Waals surface area contributed by atoms with Crippen LogP contribution in [0.3, 0.4) is 0 Å². The maximum atomic E-state index is 12.9. The van der Waals surface area contributed by atoms with Crippen molar-refractivity contribution in [3.63, 3.8) is 0 Å². The minimum Gasteiger partial charge on any atom is -0.465 e. The number of hydrogen-bond donors (Lipinski definition) is 0. The number of thiophene rings is 1. The van der Waals surface area contributed by atoms with Gasteiger partial charge in [-0.1, -0.05) is 30.0 Å². The second-order valence-electron chi connectivity index (χ2n) is 5.07. The molecular formula is C16H12N2O3S2. The number of cyclic esters (lactones) is 1. The third-order valence-electron chi connectivity index (χ3n) is 3.60. The van der Waals surface area contributed by atoms with Crippen LogP contribution in [0.2, 0.25) is 0 Å². The molecule has 1 aliphatic heterocycles. The first-order chi connectivity index (χ1) is 11.2. The van der Waals surface area contributed by atoms with Crippen LogP contribution in [0.4, 0.5) is 0 Å². The predicted octanol–water partition coefficient (Wildman–Crippen LogP) is 2.85. The molecule has 0 aliphatic carbocycles. The van der Waals surface area contributed by atoms with Crippen LogP contribution in [0.15, 0.2) is 51.7 Å². The van der Waals surface area contributed by atoms with Gasteiger partial charge in [-0.15, -0.1) is 11.3 Å². The Labute approximate surface area is 139 Å². The highest BCUT2D eigenvalue weighted by Gasteiger charge is 2.29. The standard InChI is InChI=1S/C16H12N2O3S2/c19-14-13-11(7-9-22-13)17-16(23-12-6-8-21-15(12)20)18(14)10-4-2-1-3-5-10/h1-5,7,9,12H,6,8H2/t12-/m0/s1. The Hall–Kier alpha value is -2.12. The molecule has 1 aliphatic rings. The predicted molar refractivity (Wildman–Crippen MR) is 90.4 cm³/mol. The molecule has 5 nitrogen and oxygen atoms in total. The SMILES string of the molecule is O=C1OCC[C@@H]1Sc1nc2ccsc2c(=O)n1-c1ccccc1. The lowest BCUT2D eigenvalue weighted by Gasteiger charge is -2.13. The first-order valence-electron chi connectivity index (χ1n) is 7.13. The minimum atomic E-state index is -0.312. The number of carbonyl (C=O) groups excluding carboxylic acids is 1. The maximum absolute atomic E-state index is 12.9. The summed E-state index contributed by atoms with van der Waals surface area (Å²) in [6.07, 6.45) is 0.635. The van der Waals surface area contributed by atoms with E-state index in [1.165, 1.54) is 23.1 Å². The quantitative estimate of drug-likeness (QED) is 0.540. The summed E-state index contributed by atoms with van der Waals surface area (Å²) in [7, 11) is 0. The summed E-state index contributed by atoms with van der Waals surface area (Å²) in [6, 6.07) is 11.2. The normalized spacial score (nSPS) is 17.6. The molecule has 3 aromatic rings. The number of fused-ring (bicyclic) bond motifs is 1. The Morgan fingerprint density at radius 1 is 1.22 bits per heavy atom. The van der Waals surface area contributed by atoms with Crippen molar-refractivity contribution in [1.29, 1.82) is 0 Å². The van der Waals surface area contributed by atoms with E-state index in [1.807, 2.05) is 41.8 Å². The van der Waals surface area contributed by atoms with E-state index in [1.54, 1.807) is 4.57 Å². The van der Waals surface area contributed by atoms with E-state index < -0.39 is 0 Å². The van der Waals surface area contributed by atoms with Gasteiger partial charge in [0.1, 0.15) is 9.95 Å². The largest absolute Gasteiger partial charge is 0.465 e. The highest BCUT2D eigenvalue weighted by Crippen LogP contribution is 2.30. The molecule has 1 saturated heterocycles. The average Bonchev–Trinajstić information content (AvgIpc) is 3.18. The molecule has 0 radical (unpaired) electrons. The van der Waals surface area contributed by atoms with Gasteiger partial charge in [-0.25, -0.2) is 4.98 Å². The van der Waals surface area contributed by atoms with Crippen LogP contribution in [-0.2, 0) is 9.53 Å². The fourth-order valence-electron chi connectivity index (χ4n) is 2.49. The van der Waals surface area contributed by atoms with Crippen molar-refractivity contribution < 1.29 is 9.53 Å².